The third-order valence-electron chi connectivity index (χ3n) is 6.93. The molecule has 0 saturated heterocycles. The van der Waals surface area contributed by atoms with Gasteiger partial charge < -0.3 is 15.5 Å². The van der Waals surface area contributed by atoms with Crippen LogP contribution in [0.3, 0.4) is 0 Å². The van der Waals surface area contributed by atoms with Crippen molar-refractivity contribution in [1.82, 2.24) is 10.3 Å². The number of hydrogen-bond donors (Lipinski definition) is 2. The first-order valence-corrected chi connectivity index (χ1v) is 12.5. The van der Waals surface area contributed by atoms with Crippen molar-refractivity contribution in [3.05, 3.63) is 106 Å². The smallest absolute Gasteiger partial charge is 0.269 e. The fourth-order valence-electron chi connectivity index (χ4n) is 5.30. The average Bonchev–Trinajstić information content (AvgIpc) is 3.02. The van der Waals surface area contributed by atoms with Gasteiger partial charge in [0.2, 0.25) is 5.91 Å². The molecule has 2 aromatic carbocycles. The van der Waals surface area contributed by atoms with E-state index in [9.17, 15) is 19.7 Å². The molecule has 3 aromatic rings. The van der Waals surface area contributed by atoms with Crippen LogP contribution in [-0.2, 0) is 16.1 Å². The first-order valence-electron chi connectivity index (χ1n) is 12.5. The Labute approximate surface area is 220 Å². The number of pyridine rings is 1. The molecule has 194 valence electrons. The zero-order valence-corrected chi connectivity index (χ0v) is 21.3. The van der Waals surface area contributed by atoms with E-state index in [0.29, 0.717) is 30.5 Å². The van der Waals surface area contributed by atoms with Gasteiger partial charge in [-0.15, -0.1) is 0 Å². The predicted octanol–water partition coefficient (Wildman–Crippen LogP) is 4.92. The molecule has 1 aromatic heterocycles. The second kappa shape index (κ2) is 10.1. The summed E-state index contributed by atoms with van der Waals surface area (Å²) >= 11 is 0. The second-order valence-electron chi connectivity index (χ2n) is 10.5. The summed E-state index contributed by atoms with van der Waals surface area (Å²) in [4.78, 5) is 44.2. The number of nitrogens with zero attached hydrogens (tertiary/aromatic N) is 3. The number of Topliss-reactive ketones (excluding diaryl/α,β-unsaturated/α-hetero) is 1. The monoisotopic (exact) mass is 511 g/mol. The van der Waals surface area contributed by atoms with Gasteiger partial charge in [-0.3, -0.25) is 24.7 Å². The predicted molar refractivity (Wildman–Crippen MR) is 144 cm³/mol. The molecule has 2 heterocycles. The number of rotatable bonds is 6. The Kier molecular flexibility index (Phi) is 6.67. The molecule has 1 aliphatic heterocycles. The number of anilines is 2. The molecule has 0 saturated carbocycles. The number of para-hydroxylation sites is 2. The molecule has 9 nitrogen and oxygen atoms in total. The molecule has 2 N–H and O–H groups in total. The molecule has 38 heavy (non-hydrogen) atoms. The van der Waals surface area contributed by atoms with Crippen LogP contribution in [0.15, 0.2) is 84.3 Å². The topological polar surface area (TPSA) is 117 Å². The Morgan fingerprint density at radius 2 is 1.97 bits per heavy atom. The number of carbonyl (C=O) groups is 2. The van der Waals surface area contributed by atoms with Crippen LogP contribution >= 0.6 is 0 Å². The molecule has 0 bridgehead atoms. The number of nitro groups is 1. The van der Waals surface area contributed by atoms with E-state index >= 15 is 0 Å². The maximum Gasteiger partial charge on any atom is 0.269 e. The van der Waals surface area contributed by atoms with Crippen molar-refractivity contribution in [2.75, 3.05) is 16.8 Å². The van der Waals surface area contributed by atoms with Gasteiger partial charge in [-0.2, -0.15) is 0 Å². The van der Waals surface area contributed by atoms with Gasteiger partial charge >= 0.3 is 0 Å². The van der Waals surface area contributed by atoms with Crippen molar-refractivity contribution in [3.8, 4) is 0 Å². The van der Waals surface area contributed by atoms with Crippen LogP contribution in [0.5, 0.6) is 0 Å². The lowest BCUT2D eigenvalue weighted by molar-refractivity contribution is -0.384. The minimum atomic E-state index is -0.686. The molecule has 1 atom stereocenters. The minimum Gasteiger partial charge on any atom is -0.357 e. The van der Waals surface area contributed by atoms with E-state index in [0.717, 1.165) is 22.6 Å². The van der Waals surface area contributed by atoms with E-state index in [1.807, 2.05) is 35.2 Å². The summed E-state index contributed by atoms with van der Waals surface area (Å²) in [6.45, 7) is 4.36. The number of ketones is 1. The highest BCUT2D eigenvalue weighted by atomic mass is 16.6. The summed E-state index contributed by atoms with van der Waals surface area (Å²) < 4.78 is 0. The molecule has 1 unspecified atom stereocenters. The molecule has 1 aliphatic carbocycles. The zero-order valence-electron chi connectivity index (χ0n) is 21.3. The van der Waals surface area contributed by atoms with Crippen LogP contribution < -0.4 is 15.5 Å². The lowest BCUT2D eigenvalue weighted by Gasteiger charge is -2.37. The Morgan fingerprint density at radius 1 is 1.16 bits per heavy atom. The molecule has 5 rings (SSSR count). The van der Waals surface area contributed by atoms with E-state index in [1.54, 1.807) is 30.6 Å². The molecular weight excluding hydrogens is 482 g/mol. The number of aromatic nitrogens is 1. The molecule has 0 fully saturated rings. The molecule has 0 spiro atoms. The number of benzene rings is 2. The Hall–Kier alpha value is -4.53. The van der Waals surface area contributed by atoms with E-state index in [-0.39, 0.29) is 29.3 Å². The number of allylic oxidation sites excluding steroid dienone is 1. The largest absolute Gasteiger partial charge is 0.357 e. The maximum atomic E-state index is 13.7. The molecule has 2 aliphatic rings. The number of non-ortho nitro benzene ring substituents is 1. The van der Waals surface area contributed by atoms with Gasteiger partial charge in [0, 0.05) is 48.8 Å². The van der Waals surface area contributed by atoms with Gasteiger partial charge in [0.1, 0.15) is 0 Å². The number of carbonyl (C=O) groups excluding carboxylic acids is 2. The third-order valence-corrected chi connectivity index (χ3v) is 6.93. The van der Waals surface area contributed by atoms with Gasteiger partial charge in [-0.1, -0.05) is 44.2 Å². The molecular formula is C29H29N5O4. The van der Waals surface area contributed by atoms with Crippen LogP contribution in [0, 0.1) is 15.5 Å². The van der Waals surface area contributed by atoms with Crippen molar-refractivity contribution in [1.29, 1.82) is 0 Å². The number of nitro benzene ring substituents is 1. The summed E-state index contributed by atoms with van der Waals surface area (Å²) in [5.74, 6) is -0.277. The normalized spacial score (nSPS) is 18.1. The summed E-state index contributed by atoms with van der Waals surface area (Å²) in [7, 11) is 0. The van der Waals surface area contributed by atoms with Crippen LogP contribution in [0.4, 0.5) is 17.1 Å². The van der Waals surface area contributed by atoms with E-state index < -0.39 is 11.0 Å². The van der Waals surface area contributed by atoms with Gasteiger partial charge in [0.15, 0.2) is 5.78 Å². The van der Waals surface area contributed by atoms with Gasteiger partial charge in [-0.05, 0) is 41.2 Å². The van der Waals surface area contributed by atoms with Crippen molar-refractivity contribution in [3.63, 3.8) is 0 Å². The Bertz CT molecular complexity index is 1430. The number of hydrogen-bond acceptors (Lipinski definition) is 7. The SMILES string of the molecule is CC1(C)CC(=O)C2=C(C1)Nc1ccccc1N(CC(=O)NCc1cccnc1)C2c1cccc([N+](=O)[O-])c1. The minimum absolute atomic E-state index is 0.0335. The maximum absolute atomic E-state index is 13.7. The highest BCUT2D eigenvalue weighted by Gasteiger charge is 2.42. The zero-order chi connectivity index (χ0) is 26.9. The lowest BCUT2D eigenvalue weighted by Crippen LogP contribution is -2.41. The van der Waals surface area contributed by atoms with Crippen molar-refractivity contribution >= 4 is 28.8 Å². The quantitative estimate of drug-likeness (QED) is 0.356. The highest BCUT2D eigenvalue weighted by molar-refractivity contribution is 6.02. The highest BCUT2D eigenvalue weighted by Crippen LogP contribution is 2.48. The van der Waals surface area contributed by atoms with Crippen molar-refractivity contribution in [2.45, 2.75) is 39.3 Å². The summed E-state index contributed by atoms with van der Waals surface area (Å²) in [6.07, 6.45) is 4.34. The van der Waals surface area contributed by atoms with Crippen LogP contribution in [0.25, 0.3) is 0 Å². The second-order valence-corrected chi connectivity index (χ2v) is 10.5. The van der Waals surface area contributed by atoms with Crippen LogP contribution in [0.2, 0.25) is 0 Å². The van der Waals surface area contributed by atoms with Crippen molar-refractivity contribution in [2.24, 2.45) is 5.41 Å². The number of nitrogens with one attached hydrogen (secondary N) is 2. The average molecular weight is 512 g/mol. The summed E-state index contributed by atoms with van der Waals surface area (Å²) in [5.41, 5.74) is 3.97. The standard InChI is InChI=1S/C29H29N5O4/c1-29(2)14-23-27(25(35)15-29)28(20-8-5-9-21(13-20)34(37)38)33(24-11-4-3-10-22(24)32-23)18-26(36)31-17-19-7-6-12-30-16-19/h3-13,16,28,32H,14-15,17-18H2,1-2H3,(H,31,36). The van der Waals surface area contributed by atoms with Crippen LogP contribution in [0.1, 0.15) is 43.9 Å². The van der Waals surface area contributed by atoms with Gasteiger partial charge in [0.05, 0.1) is 28.9 Å². The third kappa shape index (κ3) is 5.13. The van der Waals surface area contributed by atoms with E-state index in [1.165, 1.54) is 12.1 Å². The first kappa shape index (κ1) is 25.1. The van der Waals surface area contributed by atoms with Gasteiger partial charge in [-0.25, -0.2) is 0 Å². The fourth-order valence-corrected chi connectivity index (χ4v) is 5.30. The molecule has 0 radical (unpaired) electrons. The molecule has 9 heteroatoms. The first-order chi connectivity index (χ1) is 18.2. The van der Waals surface area contributed by atoms with E-state index in [2.05, 4.69) is 29.5 Å². The number of fused-ring (bicyclic) bond motifs is 1. The van der Waals surface area contributed by atoms with E-state index in [4.69, 9.17) is 0 Å². The van der Waals surface area contributed by atoms with Gasteiger partial charge in [0.25, 0.3) is 5.69 Å². The summed E-state index contributed by atoms with van der Waals surface area (Å²) in [5, 5.41) is 18.1. The molecule has 1 amide bonds. The van der Waals surface area contributed by atoms with Crippen LogP contribution in [-0.4, -0.2) is 28.1 Å². The summed E-state index contributed by atoms with van der Waals surface area (Å²) in [6, 6.07) is 16.9. The Morgan fingerprint density at radius 3 is 2.74 bits per heavy atom. The Balaban J connectivity index is 1.61. The fraction of sp³-hybridized carbons (Fsp3) is 0.276. The lowest BCUT2D eigenvalue weighted by atomic mass is 9.73. The number of amides is 1. The van der Waals surface area contributed by atoms with Crippen molar-refractivity contribution < 1.29 is 14.5 Å².